The smallest absolute Gasteiger partial charge is 0.191 e. The Hall–Kier alpha value is -0.940. The summed E-state index contributed by atoms with van der Waals surface area (Å²) in [5, 5.41) is 6.92. The first kappa shape index (κ1) is 26.3. The van der Waals surface area contributed by atoms with Crippen LogP contribution in [0, 0.1) is 5.92 Å². The molecule has 0 amide bonds. The highest BCUT2D eigenvalue weighted by molar-refractivity contribution is 14.0. The standard InChI is InChI=1S/C23H38N4O3.HI/c1-24-23(25-10-5-13-30-19-20-8-14-28-15-9-20)26-18-22(21-6-3-2-4-7-21)27-11-16-29-17-12-27;/h2-4,6-7,20,22H,5,8-19H2,1H3,(H2,24,25,26);1H. The molecule has 1 atom stereocenters. The Morgan fingerprint density at radius 3 is 2.52 bits per heavy atom. The lowest BCUT2D eigenvalue weighted by atomic mass is 10.0. The van der Waals surface area contributed by atoms with E-state index in [2.05, 4.69) is 50.9 Å². The predicted molar refractivity (Wildman–Crippen MR) is 135 cm³/mol. The average molecular weight is 546 g/mol. The van der Waals surface area contributed by atoms with E-state index in [0.29, 0.717) is 12.0 Å². The number of nitrogens with zero attached hydrogens (tertiary/aromatic N) is 2. The second-order valence-electron chi connectivity index (χ2n) is 7.94. The third-order valence-corrected chi connectivity index (χ3v) is 5.81. The van der Waals surface area contributed by atoms with Crippen molar-refractivity contribution in [1.82, 2.24) is 15.5 Å². The van der Waals surface area contributed by atoms with E-state index in [0.717, 1.165) is 91.0 Å². The van der Waals surface area contributed by atoms with Crippen LogP contribution >= 0.6 is 24.0 Å². The summed E-state index contributed by atoms with van der Waals surface area (Å²) < 4.78 is 16.8. The molecule has 0 bridgehead atoms. The van der Waals surface area contributed by atoms with Gasteiger partial charge in [0, 0.05) is 59.7 Å². The molecule has 2 heterocycles. The van der Waals surface area contributed by atoms with Crippen molar-refractivity contribution in [3.05, 3.63) is 35.9 Å². The van der Waals surface area contributed by atoms with Gasteiger partial charge in [-0.05, 0) is 30.7 Å². The van der Waals surface area contributed by atoms with Gasteiger partial charge in [0.25, 0.3) is 0 Å². The minimum atomic E-state index is 0. The van der Waals surface area contributed by atoms with Gasteiger partial charge < -0.3 is 24.8 Å². The Labute approximate surface area is 204 Å². The molecule has 0 radical (unpaired) electrons. The Balaban J connectivity index is 0.00000341. The van der Waals surface area contributed by atoms with Crippen molar-refractivity contribution in [2.75, 3.05) is 72.9 Å². The maximum Gasteiger partial charge on any atom is 0.191 e. The average Bonchev–Trinajstić information content (AvgIpc) is 2.82. The molecule has 0 aromatic heterocycles. The fraction of sp³-hybridized carbons (Fsp3) is 0.696. The lowest BCUT2D eigenvalue weighted by molar-refractivity contribution is 0.0169. The van der Waals surface area contributed by atoms with Crippen molar-refractivity contribution in [3.8, 4) is 0 Å². The molecule has 1 aromatic carbocycles. The van der Waals surface area contributed by atoms with Crippen molar-refractivity contribution >= 4 is 29.9 Å². The first-order valence-electron chi connectivity index (χ1n) is 11.3. The van der Waals surface area contributed by atoms with Crippen LogP contribution in [-0.2, 0) is 14.2 Å². The molecule has 2 aliphatic heterocycles. The molecule has 2 fully saturated rings. The van der Waals surface area contributed by atoms with Crippen molar-refractivity contribution in [2.45, 2.75) is 25.3 Å². The van der Waals surface area contributed by atoms with Crippen LogP contribution in [0.1, 0.15) is 30.9 Å². The fourth-order valence-corrected chi connectivity index (χ4v) is 3.98. The Kier molecular flexibility index (Phi) is 13.4. The third-order valence-electron chi connectivity index (χ3n) is 5.81. The number of nitrogens with one attached hydrogen (secondary N) is 2. The number of morpholine rings is 1. The van der Waals surface area contributed by atoms with Gasteiger partial charge in [0.15, 0.2) is 5.96 Å². The molecule has 8 heteroatoms. The number of halogens is 1. The molecule has 31 heavy (non-hydrogen) atoms. The maximum absolute atomic E-state index is 5.85. The summed E-state index contributed by atoms with van der Waals surface area (Å²) in [6.45, 7) is 8.56. The second kappa shape index (κ2) is 15.8. The number of rotatable bonds is 10. The number of benzene rings is 1. The fourth-order valence-electron chi connectivity index (χ4n) is 3.98. The van der Waals surface area contributed by atoms with E-state index in [-0.39, 0.29) is 24.0 Å². The monoisotopic (exact) mass is 546 g/mol. The number of guanidine groups is 1. The Morgan fingerprint density at radius 1 is 1.10 bits per heavy atom. The maximum atomic E-state index is 5.85. The summed E-state index contributed by atoms with van der Waals surface area (Å²) in [6, 6.07) is 11.0. The van der Waals surface area contributed by atoms with Crippen LogP contribution in [0.15, 0.2) is 35.3 Å². The minimum absolute atomic E-state index is 0. The topological polar surface area (TPSA) is 67.4 Å². The Bertz CT molecular complexity index is 608. The largest absolute Gasteiger partial charge is 0.381 e. The number of hydrogen-bond donors (Lipinski definition) is 2. The van der Waals surface area contributed by atoms with E-state index < -0.39 is 0 Å². The van der Waals surface area contributed by atoms with E-state index in [1.807, 2.05) is 7.05 Å². The highest BCUT2D eigenvalue weighted by Crippen LogP contribution is 2.21. The van der Waals surface area contributed by atoms with Gasteiger partial charge in [-0.15, -0.1) is 24.0 Å². The van der Waals surface area contributed by atoms with Crippen molar-refractivity contribution in [3.63, 3.8) is 0 Å². The first-order chi connectivity index (χ1) is 14.9. The zero-order chi connectivity index (χ0) is 20.9. The molecule has 0 saturated carbocycles. The van der Waals surface area contributed by atoms with E-state index >= 15 is 0 Å². The van der Waals surface area contributed by atoms with Gasteiger partial charge in [-0.2, -0.15) is 0 Å². The molecule has 176 valence electrons. The summed E-state index contributed by atoms with van der Waals surface area (Å²) in [5.41, 5.74) is 1.32. The van der Waals surface area contributed by atoms with Crippen molar-refractivity contribution in [2.24, 2.45) is 10.9 Å². The number of aliphatic imine (C=N–C) groups is 1. The van der Waals surface area contributed by atoms with E-state index in [9.17, 15) is 0 Å². The van der Waals surface area contributed by atoms with Crippen molar-refractivity contribution < 1.29 is 14.2 Å². The van der Waals surface area contributed by atoms with Gasteiger partial charge in [-0.1, -0.05) is 30.3 Å². The molecular formula is C23H39IN4O3. The molecule has 2 N–H and O–H groups in total. The van der Waals surface area contributed by atoms with Crippen LogP contribution < -0.4 is 10.6 Å². The summed E-state index contributed by atoms with van der Waals surface area (Å²) in [6.07, 6.45) is 3.22. The zero-order valence-electron chi connectivity index (χ0n) is 18.8. The van der Waals surface area contributed by atoms with Crippen LogP contribution in [-0.4, -0.2) is 83.7 Å². The molecule has 1 aromatic rings. The Morgan fingerprint density at radius 2 is 1.81 bits per heavy atom. The van der Waals surface area contributed by atoms with Crippen LogP contribution in [0.25, 0.3) is 0 Å². The first-order valence-corrected chi connectivity index (χ1v) is 11.3. The third kappa shape index (κ3) is 9.61. The molecule has 2 aliphatic rings. The van der Waals surface area contributed by atoms with Gasteiger partial charge in [0.1, 0.15) is 0 Å². The molecule has 3 rings (SSSR count). The lowest BCUT2D eigenvalue weighted by Gasteiger charge is -2.35. The van der Waals surface area contributed by atoms with Gasteiger partial charge in [0.05, 0.1) is 19.3 Å². The molecule has 0 spiro atoms. The number of ether oxygens (including phenoxy) is 3. The SMILES string of the molecule is CN=C(NCCCOCC1CCOCC1)NCC(c1ccccc1)N1CCOCC1.I. The minimum Gasteiger partial charge on any atom is -0.381 e. The highest BCUT2D eigenvalue weighted by Gasteiger charge is 2.22. The second-order valence-corrected chi connectivity index (χ2v) is 7.94. The van der Waals surface area contributed by atoms with E-state index in [4.69, 9.17) is 14.2 Å². The van der Waals surface area contributed by atoms with Gasteiger partial charge in [-0.25, -0.2) is 0 Å². The normalized spacial score (nSPS) is 19.5. The summed E-state index contributed by atoms with van der Waals surface area (Å²) in [7, 11) is 1.82. The quantitative estimate of drug-likeness (QED) is 0.204. The van der Waals surface area contributed by atoms with Crippen LogP contribution in [0.3, 0.4) is 0 Å². The van der Waals surface area contributed by atoms with Crippen LogP contribution in [0.5, 0.6) is 0 Å². The summed E-state index contributed by atoms with van der Waals surface area (Å²) in [5.74, 6) is 1.50. The molecule has 1 unspecified atom stereocenters. The van der Waals surface area contributed by atoms with Crippen LogP contribution in [0.4, 0.5) is 0 Å². The van der Waals surface area contributed by atoms with Gasteiger partial charge in [0.2, 0.25) is 0 Å². The molecule has 0 aliphatic carbocycles. The highest BCUT2D eigenvalue weighted by atomic mass is 127. The van der Waals surface area contributed by atoms with Crippen LogP contribution in [0.2, 0.25) is 0 Å². The van der Waals surface area contributed by atoms with E-state index in [1.165, 1.54) is 5.56 Å². The van der Waals surface area contributed by atoms with E-state index in [1.54, 1.807) is 0 Å². The van der Waals surface area contributed by atoms with Gasteiger partial charge >= 0.3 is 0 Å². The number of hydrogen-bond acceptors (Lipinski definition) is 5. The predicted octanol–water partition coefficient (Wildman–Crippen LogP) is 2.68. The molecule has 2 saturated heterocycles. The van der Waals surface area contributed by atoms with Crippen molar-refractivity contribution in [1.29, 1.82) is 0 Å². The molecular weight excluding hydrogens is 507 g/mol. The molecule has 7 nitrogen and oxygen atoms in total. The summed E-state index contributed by atoms with van der Waals surface area (Å²) >= 11 is 0. The zero-order valence-corrected chi connectivity index (χ0v) is 21.1. The van der Waals surface area contributed by atoms with Gasteiger partial charge in [-0.3, -0.25) is 9.89 Å². The lowest BCUT2D eigenvalue weighted by Crippen LogP contribution is -2.46. The summed E-state index contributed by atoms with van der Waals surface area (Å²) in [4.78, 5) is 6.88.